The lowest BCUT2D eigenvalue weighted by atomic mass is 9.82. The number of hydrogen-bond acceptors (Lipinski definition) is 2. The summed E-state index contributed by atoms with van der Waals surface area (Å²) in [6, 6.07) is 0. The van der Waals surface area contributed by atoms with E-state index in [1.807, 2.05) is 0 Å². The number of unbranched alkanes of at least 4 members (excludes halogenated alkanes) is 1. The molecule has 3 N–H and O–H groups in total. The number of rotatable bonds is 10. The van der Waals surface area contributed by atoms with Gasteiger partial charge in [-0.15, -0.1) is 0 Å². The Hall–Kier alpha value is -0.570. The van der Waals surface area contributed by atoms with Crippen LogP contribution < -0.4 is 11.1 Å². The summed E-state index contributed by atoms with van der Waals surface area (Å²) in [4.78, 5) is 12.1. The molecule has 0 aliphatic carbocycles. The predicted octanol–water partition coefficient (Wildman–Crippen LogP) is 3.08. The van der Waals surface area contributed by atoms with Crippen LogP contribution in [-0.4, -0.2) is 19.0 Å². The summed E-state index contributed by atoms with van der Waals surface area (Å²) in [7, 11) is 0. The van der Waals surface area contributed by atoms with E-state index in [1.165, 1.54) is 0 Å². The molecule has 0 radical (unpaired) electrons. The van der Waals surface area contributed by atoms with E-state index in [1.54, 1.807) is 0 Å². The molecule has 0 saturated carbocycles. The van der Waals surface area contributed by atoms with Gasteiger partial charge in [-0.1, -0.05) is 40.5 Å². The highest BCUT2D eigenvalue weighted by Crippen LogP contribution is 2.24. The van der Waals surface area contributed by atoms with E-state index < -0.39 is 0 Å². The van der Waals surface area contributed by atoms with E-state index in [9.17, 15) is 4.79 Å². The molecule has 0 aliphatic heterocycles. The number of carbonyl (C=O) groups is 1. The quantitative estimate of drug-likeness (QED) is 0.631. The molecule has 0 heterocycles. The van der Waals surface area contributed by atoms with Gasteiger partial charge in [0.05, 0.1) is 0 Å². The molecule has 3 nitrogen and oxygen atoms in total. The summed E-state index contributed by atoms with van der Waals surface area (Å²) >= 11 is 0. The van der Waals surface area contributed by atoms with Gasteiger partial charge in [0.15, 0.2) is 0 Å². The molecule has 0 spiro atoms. The monoisotopic (exact) mass is 256 g/mol. The van der Waals surface area contributed by atoms with Gasteiger partial charge in [-0.2, -0.15) is 0 Å². The molecule has 0 fully saturated rings. The summed E-state index contributed by atoms with van der Waals surface area (Å²) in [5.41, 5.74) is 5.93. The number of hydrogen-bond donors (Lipinski definition) is 2. The standard InChI is InChI=1S/C15H32N2O/c1-5-9-10-13(6-2)14(18)17-12-15(7-3,8-4)11-16/h13H,5-12,16H2,1-4H3,(H,17,18). The van der Waals surface area contributed by atoms with Crippen molar-refractivity contribution in [3.63, 3.8) is 0 Å². The fraction of sp³-hybridized carbons (Fsp3) is 0.933. The van der Waals surface area contributed by atoms with Gasteiger partial charge < -0.3 is 11.1 Å². The van der Waals surface area contributed by atoms with Crippen molar-refractivity contribution in [2.24, 2.45) is 17.1 Å². The third-order valence-electron chi connectivity index (χ3n) is 4.34. The molecule has 0 aromatic heterocycles. The zero-order valence-electron chi connectivity index (χ0n) is 12.7. The molecule has 1 amide bonds. The first-order valence-corrected chi connectivity index (χ1v) is 7.56. The fourth-order valence-electron chi connectivity index (χ4n) is 2.25. The Morgan fingerprint density at radius 1 is 1.22 bits per heavy atom. The molecule has 0 saturated heterocycles. The zero-order chi connectivity index (χ0) is 14.0. The molecule has 0 aromatic carbocycles. The normalized spacial score (nSPS) is 13.4. The van der Waals surface area contributed by atoms with Crippen molar-refractivity contribution in [3.05, 3.63) is 0 Å². The Balaban J connectivity index is 4.28. The number of nitrogens with one attached hydrogen (secondary N) is 1. The molecule has 1 unspecified atom stereocenters. The van der Waals surface area contributed by atoms with Crippen LogP contribution in [0.3, 0.4) is 0 Å². The number of carbonyl (C=O) groups excluding carboxylic acids is 1. The molecule has 0 aromatic rings. The predicted molar refractivity (Wildman–Crippen MR) is 78.4 cm³/mol. The summed E-state index contributed by atoms with van der Waals surface area (Å²) in [5.74, 6) is 0.389. The minimum Gasteiger partial charge on any atom is -0.355 e. The van der Waals surface area contributed by atoms with E-state index in [-0.39, 0.29) is 17.2 Å². The van der Waals surface area contributed by atoms with Crippen LogP contribution in [0, 0.1) is 11.3 Å². The van der Waals surface area contributed by atoms with Crippen LogP contribution in [0.1, 0.15) is 66.2 Å². The molecular formula is C15H32N2O. The van der Waals surface area contributed by atoms with Crippen molar-refractivity contribution >= 4 is 5.91 Å². The van der Waals surface area contributed by atoms with Crippen LogP contribution in [0.25, 0.3) is 0 Å². The number of nitrogens with two attached hydrogens (primary N) is 1. The maximum atomic E-state index is 12.1. The van der Waals surface area contributed by atoms with E-state index in [0.717, 1.165) is 45.1 Å². The molecule has 0 rings (SSSR count). The van der Waals surface area contributed by atoms with Gasteiger partial charge in [-0.05, 0) is 37.6 Å². The second-order valence-electron chi connectivity index (χ2n) is 5.38. The van der Waals surface area contributed by atoms with Crippen molar-refractivity contribution in [3.8, 4) is 0 Å². The average Bonchev–Trinajstić information content (AvgIpc) is 2.42. The maximum absolute atomic E-state index is 12.1. The maximum Gasteiger partial charge on any atom is 0.223 e. The van der Waals surface area contributed by atoms with Gasteiger partial charge in [-0.3, -0.25) is 4.79 Å². The van der Waals surface area contributed by atoms with Gasteiger partial charge in [0.25, 0.3) is 0 Å². The Morgan fingerprint density at radius 2 is 1.83 bits per heavy atom. The highest BCUT2D eigenvalue weighted by molar-refractivity contribution is 5.78. The highest BCUT2D eigenvalue weighted by Gasteiger charge is 2.26. The van der Waals surface area contributed by atoms with Crippen molar-refractivity contribution in [1.29, 1.82) is 0 Å². The van der Waals surface area contributed by atoms with Crippen LogP contribution in [0.5, 0.6) is 0 Å². The summed E-state index contributed by atoms with van der Waals surface area (Å²) in [6.07, 6.45) is 6.26. The van der Waals surface area contributed by atoms with Gasteiger partial charge in [-0.25, -0.2) is 0 Å². The number of amides is 1. The third kappa shape index (κ3) is 5.38. The Kier molecular flexibility index (Phi) is 9.08. The van der Waals surface area contributed by atoms with Gasteiger partial charge >= 0.3 is 0 Å². The van der Waals surface area contributed by atoms with Gasteiger partial charge in [0.1, 0.15) is 0 Å². The second-order valence-corrected chi connectivity index (χ2v) is 5.38. The molecule has 18 heavy (non-hydrogen) atoms. The van der Waals surface area contributed by atoms with Crippen LogP contribution in [0.4, 0.5) is 0 Å². The van der Waals surface area contributed by atoms with E-state index >= 15 is 0 Å². The molecule has 108 valence electrons. The van der Waals surface area contributed by atoms with Crippen molar-refractivity contribution in [2.45, 2.75) is 66.2 Å². The molecule has 1 atom stereocenters. The smallest absolute Gasteiger partial charge is 0.223 e. The van der Waals surface area contributed by atoms with Crippen molar-refractivity contribution in [1.82, 2.24) is 5.32 Å². The van der Waals surface area contributed by atoms with E-state index in [0.29, 0.717) is 6.54 Å². The molecular weight excluding hydrogens is 224 g/mol. The van der Waals surface area contributed by atoms with Crippen LogP contribution in [0.2, 0.25) is 0 Å². The second kappa shape index (κ2) is 9.37. The Labute approximate surface area is 113 Å². The topological polar surface area (TPSA) is 55.1 Å². The largest absolute Gasteiger partial charge is 0.355 e. The average molecular weight is 256 g/mol. The summed E-state index contributed by atoms with van der Waals surface area (Å²) in [6.45, 7) is 9.92. The van der Waals surface area contributed by atoms with Crippen LogP contribution >= 0.6 is 0 Å². The fourth-order valence-corrected chi connectivity index (χ4v) is 2.25. The van der Waals surface area contributed by atoms with Crippen LogP contribution in [0.15, 0.2) is 0 Å². The summed E-state index contributed by atoms with van der Waals surface area (Å²) < 4.78 is 0. The molecule has 3 heteroatoms. The van der Waals surface area contributed by atoms with E-state index in [4.69, 9.17) is 5.73 Å². The summed E-state index contributed by atoms with van der Waals surface area (Å²) in [5, 5.41) is 3.12. The van der Waals surface area contributed by atoms with Gasteiger partial charge in [0, 0.05) is 12.5 Å². The molecule has 0 bridgehead atoms. The van der Waals surface area contributed by atoms with Gasteiger partial charge in [0.2, 0.25) is 5.91 Å². The highest BCUT2D eigenvalue weighted by atomic mass is 16.1. The van der Waals surface area contributed by atoms with E-state index in [2.05, 4.69) is 33.0 Å². The Bertz CT molecular complexity index is 216. The minimum atomic E-state index is 0.0821. The zero-order valence-corrected chi connectivity index (χ0v) is 12.7. The lowest BCUT2D eigenvalue weighted by Gasteiger charge is -2.31. The van der Waals surface area contributed by atoms with Crippen molar-refractivity contribution < 1.29 is 4.79 Å². The van der Waals surface area contributed by atoms with Crippen LogP contribution in [-0.2, 0) is 4.79 Å². The SMILES string of the molecule is CCCCC(CC)C(=O)NCC(CC)(CC)CN. The first kappa shape index (κ1) is 17.4. The Morgan fingerprint density at radius 3 is 2.22 bits per heavy atom. The van der Waals surface area contributed by atoms with Crippen molar-refractivity contribution in [2.75, 3.05) is 13.1 Å². The first-order chi connectivity index (χ1) is 8.59. The lowest BCUT2D eigenvalue weighted by Crippen LogP contribution is -2.43. The lowest BCUT2D eigenvalue weighted by molar-refractivity contribution is -0.125. The molecule has 0 aliphatic rings. The minimum absolute atomic E-state index is 0.0821. The third-order valence-corrected chi connectivity index (χ3v) is 4.34. The first-order valence-electron chi connectivity index (χ1n) is 7.56.